The van der Waals surface area contributed by atoms with E-state index >= 15 is 0 Å². The topological polar surface area (TPSA) is 122 Å². The number of rotatable bonds is 2. The van der Waals surface area contributed by atoms with E-state index in [2.05, 4.69) is 9.97 Å². The van der Waals surface area contributed by atoms with Gasteiger partial charge in [-0.3, -0.25) is 9.59 Å². The van der Waals surface area contributed by atoms with Gasteiger partial charge >= 0.3 is 0 Å². The predicted molar refractivity (Wildman–Crippen MR) is 134 cm³/mol. The number of nitrogen functional groups attached to an aromatic ring is 2. The fourth-order valence-electron chi connectivity index (χ4n) is 3.84. The highest BCUT2D eigenvalue weighted by molar-refractivity contribution is 5.79. The molecule has 1 fully saturated rings. The molecule has 4 N–H and O–H groups in total. The second-order valence-corrected chi connectivity index (χ2v) is 8.43. The molecule has 0 aliphatic heterocycles. The first-order valence-corrected chi connectivity index (χ1v) is 11.0. The molecule has 6 rings (SSSR count). The van der Waals surface area contributed by atoms with Gasteiger partial charge < -0.3 is 11.7 Å². The number of fused-ring (bicyclic) bond motifs is 2. The molecule has 8 nitrogen and oxygen atoms in total. The zero-order valence-corrected chi connectivity index (χ0v) is 18.7. The molecule has 0 saturated heterocycles. The molecule has 8 heteroatoms. The van der Waals surface area contributed by atoms with Crippen molar-refractivity contribution in [2.45, 2.75) is 25.7 Å². The van der Waals surface area contributed by atoms with Crippen LogP contribution in [0.25, 0.3) is 33.2 Å². The van der Waals surface area contributed by atoms with E-state index in [1.165, 1.54) is 4.68 Å². The van der Waals surface area contributed by atoms with Crippen LogP contribution in [0.3, 0.4) is 0 Å². The third kappa shape index (κ3) is 3.90. The lowest BCUT2D eigenvalue weighted by atomic mass is 10.1. The van der Waals surface area contributed by atoms with Gasteiger partial charge in [-0.1, -0.05) is 54.1 Å². The molecule has 5 aromatic rings. The van der Waals surface area contributed by atoms with Crippen molar-refractivity contribution in [2.24, 2.45) is 0 Å². The Morgan fingerprint density at radius 2 is 1.26 bits per heavy atom. The Hall–Kier alpha value is -4.46. The van der Waals surface area contributed by atoms with Crippen LogP contribution in [0.2, 0.25) is 0 Å². The zero-order chi connectivity index (χ0) is 23.8. The average Bonchev–Trinajstić information content (AvgIpc) is 3.70. The van der Waals surface area contributed by atoms with Crippen molar-refractivity contribution >= 4 is 21.8 Å². The maximum absolute atomic E-state index is 12.2. The Bertz CT molecular complexity index is 1630. The number of nitrogens with zero attached hydrogens (tertiary/aromatic N) is 4. The number of hydrogen-bond acceptors (Lipinski definition) is 6. The lowest BCUT2D eigenvalue weighted by molar-refractivity contribution is 0.791. The van der Waals surface area contributed by atoms with Gasteiger partial charge in [0.1, 0.15) is 5.82 Å². The number of hydrogen-bond donors (Lipinski definition) is 2. The quantitative estimate of drug-likeness (QED) is 0.397. The second-order valence-electron chi connectivity index (χ2n) is 8.43. The van der Waals surface area contributed by atoms with Gasteiger partial charge in [-0.2, -0.15) is 0 Å². The molecule has 0 amide bonds. The smallest absolute Gasteiger partial charge is 0.280 e. The van der Waals surface area contributed by atoms with Gasteiger partial charge in [-0.15, -0.1) is 0 Å². The monoisotopic (exact) mass is 452 g/mol. The fourth-order valence-corrected chi connectivity index (χ4v) is 3.84. The molecule has 1 aliphatic rings. The first-order valence-electron chi connectivity index (χ1n) is 11.0. The van der Waals surface area contributed by atoms with Crippen molar-refractivity contribution < 1.29 is 0 Å². The number of aromatic nitrogens is 4. The van der Waals surface area contributed by atoms with Crippen molar-refractivity contribution in [1.29, 1.82) is 0 Å². The molecular formula is C26H24N6O2. The minimum Gasteiger partial charge on any atom is -0.335 e. The van der Waals surface area contributed by atoms with E-state index in [0.29, 0.717) is 28.0 Å². The lowest BCUT2D eigenvalue weighted by Gasteiger charge is -2.09. The summed E-state index contributed by atoms with van der Waals surface area (Å²) in [7, 11) is 0. The predicted octanol–water partition coefficient (Wildman–Crippen LogP) is 3.07. The summed E-state index contributed by atoms with van der Waals surface area (Å²) in [6.45, 7) is 2.01. The highest BCUT2D eigenvalue weighted by Gasteiger charge is 2.28. The van der Waals surface area contributed by atoms with Gasteiger partial charge in [-0.25, -0.2) is 19.3 Å². The molecule has 0 bridgehead atoms. The Kier molecular flexibility index (Phi) is 5.33. The summed E-state index contributed by atoms with van der Waals surface area (Å²) in [6.07, 6.45) is 2.17. The van der Waals surface area contributed by atoms with Gasteiger partial charge in [0.15, 0.2) is 5.82 Å². The van der Waals surface area contributed by atoms with Crippen molar-refractivity contribution in [3.63, 3.8) is 0 Å². The van der Waals surface area contributed by atoms with Gasteiger partial charge in [0.2, 0.25) is 0 Å². The van der Waals surface area contributed by atoms with Gasteiger partial charge in [0.25, 0.3) is 11.1 Å². The van der Waals surface area contributed by atoms with E-state index in [1.54, 1.807) is 18.2 Å². The SMILES string of the molecule is Cc1ccc(-c2nc3ccccc3c(=O)n2N)cc1.Nn1c(C2CC2)nc2ccccc2c1=O. The van der Waals surface area contributed by atoms with Crippen molar-refractivity contribution in [2.75, 3.05) is 11.7 Å². The molecule has 34 heavy (non-hydrogen) atoms. The fraction of sp³-hybridized carbons (Fsp3) is 0.154. The van der Waals surface area contributed by atoms with Crippen molar-refractivity contribution in [1.82, 2.24) is 19.3 Å². The molecule has 0 unspecified atom stereocenters. The summed E-state index contributed by atoms with van der Waals surface area (Å²) in [4.78, 5) is 33.0. The third-order valence-corrected chi connectivity index (χ3v) is 5.90. The van der Waals surface area contributed by atoms with Gasteiger partial charge in [-0.05, 0) is 44.0 Å². The average molecular weight is 453 g/mol. The van der Waals surface area contributed by atoms with Crippen LogP contribution in [-0.4, -0.2) is 19.3 Å². The maximum Gasteiger partial charge on any atom is 0.280 e. The third-order valence-electron chi connectivity index (χ3n) is 5.90. The second kappa shape index (κ2) is 8.47. The van der Waals surface area contributed by atoms with E-state index < -0.39 is 0 Å². The Morgan fingerprint density at radius 1 is 0.735 bits per heavy atom. The standard InChI is InChI=1S/C15H13N3O.C11H11N3O/c1-10-6-8-11(9-7-10)14-17-13-5-3-2-4-12(13)15(19)18(14)16;12-14-10(7-5-6-7)13-9-4-2-1-3-8(9)11(14)15/h2-9H,16H2,1H3;1-4,7H,5-6,12H2. The van der Waals surface area contributed by atoms with Crippen LogP contribution < -0.4 is 22.8 Å². The van der Waals surface area contributed by atoms with E-state index in [0.717, 1.165) is 40.0 Å². The van der Waals surface area contributed by atoms with Crippen molar-refractivity contribution in [3.05, 3.63) is 105 Å². The highest BCUT2D eigenvalue weighted by Crippen LogP contribution is 2.38. The number of para-hydroxylation sites is 2. The maximum atomic E-state index is 12.2. The van der Waals surface area contributed by atoms with Crippen LogP contribution in [0.4, 0.5) is 0 Å². The Balaban J connectivity index is 0.000000145. The number of aryl methyl sites for hydroxylation is 1. The number of benzene rings is 3. The minimum atomic E-state index is -0.235. The summed E-state index contributed by atoms with van der Waals surface area (Å²) >= 11 is 0. The van der Waals surface area contributed by atoms with Crippen LogP contribution in [0.5, 0.6) is 0 Å². The summed E-state index contributed by atoms with van der Waals surface area (Å²) in [5, 5.41) is 1.12. The Morgan fingerprint density at radius 3 is 1.85 bits per heavy atom. The van der Waals surface area contributed by atoms with Crippen LogP contribution in [0, 0.1) is 6.92 Å². The molecular weight excluding hydrogens is 428 g/mol. The molecule has 0 atom stereocenters. The summed E-state index contributed by atoms with van der Waals surface area (Å²) in [5.74, 6) is 13.2. The van der Waals surface area contributed by atoms with Gasteiger partial charge in [0.05, 0.1) is 21.8 Å². The molecule has 1 saturated carbocycles. The minimum absolute atomic E-state index is 0.150. The van der Waals surface area contributed by atoms with E-state index in [-0.39, 0.29) is 11.1 Å². The molecule has 3 aromatic carbocycles. The van der Waals surface area contributed by atoms with Crippen molar-refractivity contribution in [3.8, 4) is 11.4 Å². The first kappa shape index (κ1) is 21.4. The van der Waals surface area contributed by atoms with E-state index in [4.69, 9.17) is 11.7 Å². The van der Waals surface area contributed by atoms with E-state index in [1.807, 2.05) is 61.5 Å². The molecule has 2 aromatic heterocycles. The molecule has 2 heterocycles. The molecule has 1 aliphatic carbocycles. The lowest BCUT2D eigenvalue weighted by Crippen LogP contribution is -2.31. The summed E-state index contributed by atoms with van der Waals surface area (Å²) < 4.78 is 2.30. The summed E-state index contributed by atoms with van der Waals surface area (Å²) in [6, 6.07) is 22.3. The number of nitrogens with two attached hydrogens (primary N) is 2. The van der Waals surface area contributed by atoms with E-state index in [9.17, 15) is 9.59 Å². The Labute approximate surface area is 195 Å². The normalized spacial score (nSPS) is 13.0. The van der Waals surface area contributed by atoms with Crippen LogP contribution in [-0.2, 0) is 0 Å². The zero-order valence-electron chi connectivity index (χ0n) is 18.7. The first-order chi connectivity index (χ1) is 16.4. The van der Waals surface area contributed by atoms with Crippen LogP contribution in [0.1, 0.15) is 30.1 Å². The van der Waals surface area contributed by atoms with Gasteiger partial charge in [0, 0.05) is 11.5 Å². The largest absolute Gasteiger partial charge is 0.335 e. The molecule has 170 valence electrons. The molecule has 0 spiro atoms. The summed E-state index contributed by atoms with van der Waals surface area (Å²) in [5.41, 5.74) is 2.99. The van der Waals surface area contributed by atoms with Crippen LogP contribution in [0.15, 0.2) is 82.4 Å². The highest BCUT2D eigenvalue weighted by atomic mass is 16.1. The van der Waals surface area contributed by atoms with Crippen LogP contribution >= 0.6 is 0 Å². The molecule has 0 radical (unpaired) electrons.